The molecule has 4 aliphatic rings. The monoisotopic (exact) mass is 433 g/mol. The van der Waals surface area contributed by atoms with Gasteiger partial charge >= 0.3 is 0 Å². The van der Waals surface area contributed by atoms with Gasteiger partial charge in [0.25, 0.3) is 0 Å². The van der Waals surface area contributed by atoms with Gasteiger partial charge in [0.15, 0.2) is 0 Å². The summed E-state index contributed by atoms with van der Waals surface area (Å²) in [6.45, 7) is 2.85. The van der Waals surface area contributed by atoms with E-state index in [1.807, 2.05) is 0 Å². The second-order valence-corrected chi connectivity index (χ2v) is 10.2. The Bertz CT molecular complexity index is 1030. The smallest absolute Gasteiger partial charge is 0.224 e. The highest BCUT2D eigenvalue weighted by atomic mass is 16.5. The highest BCUT2D eigenvalue weighted by Crippen LogP contribution is 2.48. The van der Waals surface area contributed by atoms with Gasteiger partial charge < -0.3 is 19.9 Å². The molecule has 1 saturated heterocycles. The van der Waals surface area contributed by atoms with Crippen molar-refractivity contribution in [2.24, 2.45) is 5.41 Å². The number of nitriles is 1. The molecule has 2 atom stereocenters. The molecular weight excluding hydrogens is 402 g/mol. The topological polar surface area (TPSA) is 101 Å². The second-order valence-electron chi connectivity index (χ2n) is 10.2. The third-order valence-corrected chi connectivity index (χ3v) is 7.85. The summed E-state index contributed by atoms with van der Waals surface area (Å²) in [6.07, 6.45) is 14.2. The molecule has 8 heteroatoms. The quantitative estimate of drug-likeness (QED) is 0.743. The lowest BCUT2D eigenvalue weighted by Gasteiger charge is -2.53. The van der Waals surface area contributed by atoms with E-state index < -0.39 is 0 Å². The Kier molecular flexibility index (Phi) is 5.02. The summed E-state index contributed by atoms with van der Waals surface area (Å²) in [6, 6.07) is 2.93. The van der Waals surface area contributed by atoms with Crippen LogP contribution in [0.4, 0.5) is 11.8 Å². The normalized spacial score (nSPS) is 26.5. The molecule has 1 spiro atoms. The third kappa shape index (κ3) is 3.62. The van der Waals surface area contributed by atoms with Gasteiger partial charge in [-0.1, -0.05) is 6.42 Å². The van der Waals surface area contributed by atoms with E-state index in [0.29, 0.717) is 40.7 Å². The molecule has 0 amide bonds. The van der Waals surface area contributed by atoms with Gasteiger partial charge in [-0.25, -0.2) is 9.97 Å². The van der Waals surface area contributed by atoms with E-state index in [-0.39, 0.29) is 0 Å². The maximum absolute atomic E-state index is 9.51. The molecule has 2 aromatic rings. The Labute approximate surface area is 188 Å². The lowest BCUT2D eigenvalue weighted by Crippen LogP contribution is -2.56. The first-order chi connectivity index (χ1) is 15.7. The molecule has 3 fully saturated rings. The van der Waals surface area contributed by atoms with Crippen LogP contribution >= 0.6 is 0 Å². The van der Waals surface area contributed by atoms with Gasteiger partial charge in [-0.2, -0.15) is 10.2 Å². The largest absolute Gasteiger partial charge is 0.380 e. The van der Waals surface area contributed by atoms with E-state index in [0.717, 1.165) is 51.9 Å². The molecule has 8 nitrogen and oxygen atoms in total. The maximum atomic E-state index is 9.51. The van der Waals surface area contributed by atoms with Crippen LogP contribution in [-0.2, 0) is 17.7 Å². The number of nitrogens with one attached hydrogen (secondary N) is 2. The minimum absolute atomic E-state index is 0.336. The van der Waals surface area contributed by atoms with E-state index in [9.17, 15) is 5.26 Å². The van der Waals surface area contributed by atoms with Crippen LogP contribution in [0.15, 0.2) is 12.4 Å². The molecule has 32 heavy (non-hydrogen) atoms. The first-order valence-corrected chi connectivity index (χ1v) is 12.1. The molecule has 0 unspecified atom stereocenters. The Hall–Kier alpha value is -2.66. The summed E-state index contributed by atoms with van der Waals surface area (Å²) >= 11 is 0. The number of anilines is 2. The van der Waals surface area contributed by atoms with E-state index in [2.05, 4.69) is 32.5 Å². The molecule has 2 aromatic heterocycles. The van der Waals surface area contributed by atoms with Crippen LogP contribution in [0.2, 0.25) is 0 Å². The first-order valence-electron chi connectivity index (χ1n) is 12.1. The molecule has 168 valence electrons. The average molecular weight is 434 g/mol. The van der Waals surface area contributed by atoms with Crippen molar-refractivity contribution in [3.63, 3.8) is 0 Å². The number of nitrogens with zero attached hydrogens (tertiary/aromatic N) is 5. The Morgan fingerprint density at radius 2 is 1.97 bits per heavy atom. The molecule has 6 rings (SSSR count). The standard InChI is InChI=1S/C24H31N7O/c25-11-17-12-27-23(30-22(17)28-19-9-24(10-19)14-32-15-24)29-18-5-3-4-16(8-18)20-13-26-21-6-1-2-7-31(20)21/h12-13,16,18-19H,1-10,14-15H2,(H2,27,28,29,30)/t16-,18+/m0/s1. The maximum Gasteiger partial charge on any atom is 0.224 e. The molecule has 2 N–H and O–H groups in total. The molecular formula is C24H31N7O. The Morgan fingerprint density at radius 3 is 2.78 bits per heavy atom. The number of hydrogen-bond donors (Lipinski definition) is 2. The van der Waals surface area contributed by atoms with Gasteiger partial charge in [0, 0.05) is 48.3 Å². The fourth-order valence-corrected chi connectivity index (χ4v) is 6.09. The Morgan fingerprint density at radius 1 is 1.06 bits per heavy atom. The summed E-state index contributed by atoms with van der Waals surface area (Å²) in [5.41, 5.74) is 2.30. The SMILES string of the molecule is N#Cc1cnc(N[C@@H]2CCC[C@H](c3cnc4n3CCCC4)C2)nc1NC1CC2(COC2)C1. The summed E-state index contributed by atoms with van der Waals surface area (Å²) in [5, 5.41) is 16.6. The van der Waals surface area contributed by atoms with Crippen molar-refractivity contribution in [1.82, 2.24) is 19.5 Å². The van der Waals surface area contributed by atoms with E-state index in [1.54, 1.807) is 6.20 Å². The van der Waals surface area contributed by atoms with Crippen molar-refractivity contribution >= 4 is 11.8 Å². The fraction of sp³-hybridized carbons (Fsp3) is 0.667. The van der Waals surface area contributed by atoms with Crippen LogP contribution in [0, 0.1) is 16.7 Å². The van der Waals surface area contributed by atoms with Gasteiger partial charge in [0.2, 0.25) is 5.95 Å². The summed E-state index contributed by atoms with van der Waals surface area (Å²) < 4.78 is 7.84. The Balaban J connectivity index is 1.13. The predicted octanol–water partition coefficient (Wildman–Crippen LogP) is 3.61. The number of rotatable bonds is 5. The molecule has 2 aliphatic heterocycles. The first kappa shape index (κ1) is 20.0. The number of fused-ring (bicyclic) bond motifs is 1. The van der Waals surface area contributed by atoms with Crippen molar-refractivity contribution in [2.45, 2.75) is 82.3 Å². The van der Waals surface area contributed by atoms with Crippen molar-refractivity contribution in [3.8, 4) is 6.07 Å². The van der Waals surface area contributed by atoms with Crippen LogP contribution in [0.1, 0.15) is 74.4 Å². The van der Waals surface area contributed by atoms with E-state index >= 15 is 0 Å². The van der Waals surface area contributed by atoms with E-state index in [4.69, 9.17) is 14.7 Å². The fourth-order valence-electron chi connectivity index (χ4n) is 6.09. The minimum atomic E-state index is 0.336. The van der Waals surface area contributed by atoms with Crippen LogP contribution in [0.5, 0.6) is 0 Å². The summed E-state index contributed by atoms with van der Waals surface area (Å²) in [4.78, 5) is 13.9. The van der Waals surface area contributed by atoms with Gasteiger partial charge in [-0.3, -0.25) is 0 Å². The van der Waals surface area contributed by atoms with Gasteiger partial charge in [0.05, 0.1) is 19.4 Å². The highest BCUT2D eigenvalue weighted by molar-refractivity contribution is 5.54. The van der Waals surface area contributed by atoms with E-state index in [1.165, 1.54) is 37.2 Å². The zero-order valence-electron chi connectivity index (χ0n) is 18.5. The average Bonchev–Trinajstić information content (AvgIpc) is 3.19. The van der Waals surface area contributed by atoms with Crippen molar-refractivity contribution in [3.05, 3.63) is 29.5 Å². The molecule has 2 saturated carbocycles. The molecule has 0 aromatic carbocycles. The zero-order chi connectivity index (χ0) is 21.5. The second kappa shape index (κ2) is 8.04. The summed E-state index contributed by atoms with van der Waals surface area (Å²) in [7, 11) is 0. The molecule has 4 heterocycles. The van der Waals surface area contributed by atoms with Crippen LogP contribution < -0.4 is 10.6 Å². The van der Waals surface area contributed by atoms with Crippen molar-refractivity contribution in [2.75, 3.05) is 23.8 Å². The van der Waals surface area contributed by atoms with Crippen molar-refractivity contribution in [1.29, 1.82) is 5.26 Å². The number of ether oxygens (including phenoxy) is 1. The zero-order valence-corrected chi connectivity index (χ0v) is 18.5. The van der Waals surface area contributed by atoms with Crippen molar-refractivity contribution < 1.29 is 4.74 Å². The number of aromatic nitrogens is 4. The van der Waals surface area contributed by atoms with Gasteiger partial charge in [-0.05, 0) is 44.9 Å². The van der Waals surface area contributed by atoms with Crippen LogP contribution in [0.25, 0.3) is 0 Å². The lowest BCUT2D eigenvalue weighted by molar-refractivity contribution is -0.159. The minimum Gasteiger partial charge on any atom is -0.380 e. The highest BCUT2D eigenvalue weighted by Gasteiger charge is 2.50. The lowest BCUT2D eigenvalue weighted by atomic mass is 9.64. The van der Waals surface area contributed by atoms with Gasteiger partial charge in [-0.15, -0.1) is 0 Å². The number of imidazole rings is 1. The molecule has 2 aliphatic carbocycles. The molecule has 0 radical (unpaired) electrons. The van der Waals surface area contributed by atoms with Gasteiger partial charge in [0.1, 0.15) is 23.3 Å². The summed E-state index contributed by atoms with van der Waals surface area (Å²) in [5.74, 6) is 3.07. The number of hydrogen-bond acceptors (Lipinski definition) is 7. The number of aryl methyl sites for hydroxylation is 1. The van der Waals surface area contributed by atoms with Crippen LogP contribution in [-0.4, -0.2) is 44.8 Å². The molecule has 0 bridgehead atoms. The van der Waals surface area contributed by atoms with Crippen LogP contribution in [0.3, 0.4) is 0 Å². The predicted molar refractivity (Wildman–Crippen MR) is 120 cm³/mol. The third-order valence-electron chi connectivity index (χ3n) is 7.85.